The molecule has 1 aliphatic rings. The SMILES string of the molecule is Cc1ccccc1OCC(=O)N1CCCSC[C@@H]1CN(C)C. The van der Waals surface area contributed by atoms with Crippen LogP contribution >= 0.6 is 11.8 Å². The molecule has 1 saturated heterocycles. The maximum absolute atomic E-state index is 12.6. The van der Waals surface area contributed by atoms with Gasteiger partial charge in [0.2, 0.25) is 0 Å². The lowest BCUT2D eigenvalue weighted by Crippen LogP contribution is -2.48. The minimum absolute atomic E-state index is 0.0950. The Balaban J connectivity index is 1.97. The van der Waals surface area contributed by atoms with Crippen molar-refractivity contribution in [2.45, 2.75) is 19.4 Å². The molecule has 5 heteroatoms. The fourth-order valence-corrected chi connectivity index (χ4v) is 3.73. The van der Waals surface area contributed by atoms with Gasteiger partial charge in [-0.15, -0.1) is 0 Å². The second kappa shape index (κ2) is 8.44. The van der Waals surface area contributed by atoms with Gasteiger partial charge in [0.1, 0.15) is 5.75 Å². The fraction of sp³-hybridized carbons (Fsp3) is 0.588. The monoisotopic (exact) mass is 322 g/mol. The molecule has 4 nitrogen and oxygen atoms in total. The summed E-state index contributed by atoms with van der Waals surface area (Å²) in [5.41, 5.74) is 1.06. The molecule has 0 N–H and O–H groups in total. The van der Waals surface area contributed by atoms with Gasteiger partial charge in [-0.05, 0) is 44.8 Å². The molecule has 0 radical (unpaired) electrons. The van der Waals surface area contributed by atoms with E-state index in [-0.39, 0.29) is 18.6 Å². The van der Waals surface area contributed by atoms with Crippen molar-refractivity contribution in [3.63, 3.8) is 0 Å². The Labute approximate surface area is 137 Å². The van der Waals surface area contributed by atoms with Crippen molar-refractivity contribution in [3.05, 3.63) is 29.8 Å². The molecule has 2 rings (SSSR count). The summed E-state index contributed by atoms with van der Waals surface area (Å²) in [6, 6.07) is 8.10. The minimum atomic E-state index is 0.0950. The van der Waals surface area contributed by atoms with Gasteiger partial charge in [-0.2, -0.15) is 11.8 Å². The van der Waals surface area contributed by atoms with Crippen LogP contribution in [0, 0.1) is 6.92 Å². The van der Waals surface area contributed by atoms with Crippen molar-refractivity contribution in [1.82, 2.24) is 9.80 Å². The molecule has 1 heterocycles. The Morgan fingerprint density at radius 3 is 2.91 bits per heavy atom. The minimum Gasteiger partial charge on any atom is -0.484 e. The molecule has 0 bridgehead atoms. The number of rotatable bonds is 5. The van der Waals surface area contributed by atoms with Crippen molar-refractivity contribution >= 4 is 17.7 Å². The molecule has 0 aliphatic carbocycles. The molecule has 1 aromatic rings. The number of carbonyl (C=O) groups excluding carboxylic acids is 1. The standard InChI is InChI=1S/C17H26N2O2S/c1-14-7-4-5-8-16(14)21-12-17(20)19-9-6-10-22-13-15(19)11-18(2)3/h4-5,7-8,15H,6,9-13H2,1-3H3/t15-/m0/s1. The highest BCUT2D eigenvalue weighted by Gasteiger charge is 2.26. The smallest absolute Gasteiger partial charge is 0.260 e. The number of aryl methyl sites for hydroxylation is 1. The maximum atomic E-state index is 12.6. The van der Waals surface area contributed by atoms with Gasteiger partial charge in [0, 0.05) is 18.8 Å². The molecule has 1 amide bonds. The summed E-state index contributed by atoms with van der Waals surface area (Å²) in [5.74, 6) is 3.03. The molecule has 0 spiro atoms. The third-order valence-corrected chi connectivity index (χ3v) is 4.98. The summed E-state index contributed by atoms with van der Waals surface area (Å²) < 4.78 is 5.73. The summed E-state index contributed by atoms with van der Waals surface area (Å²) in [7, 11) is 4.12. The van der Waals surface area contributed by atoms with Crippen molar-refractivity contribution in [2.24, 2.45) is 0 Å². The fourth-order valence-electron chi connectivity index (χ4n) is 2.67. The van der Waals surface area contributed by atoms with E-state index in [1.54, 1.807) is 0 Å². The van der Waals surface area contributed by atoms with Gasteiger partial charge < -0.3 is 14.5 Å². The van der Waals surface area contributed by atoms with Crippen LogP contribution in [0.2, 0.25) is 0 Å². The van der Waals surface area contributed by atoms with Crippen LogP contribution < -0.4 is 4.74 Å². The lowest BCUT2D eigenvalue weighted by Gasteiger charge is -2.31. The number of likely N-dealkylation sites (N-methyl/N-ethyl adjacent to an activating group) is 1. The summed E-state index contributed by atoms with van der Waals surface area (Å²) >= 11 is 1.94. The van der Waals surface area contributed by atoms with Crippen LogP contribution in [0.25, 0.3) is 0 Å². The number of benzene rings is 1. The summed E-state index contributed by atoms with van der Waals surface area (Å²) in [6.07, 6.45) is 1.06. The third kappa shape index (κ3) is 4.92. The molecule has 1 aliphatic heterocycles. The van der Waals surface area contributed by atoms with E-state index in [9.17, 15) is 4.79 Å². The van der Waals surface area contributed by atoms with Crippen LogP contribution in [0.5, 0.6) is 5.75 Å². The lowest BCUT2D eigenvalue weighted by atomic mass is 10.2. The summed E-state index contributed by atoms with van der Waals surface area (Å²) in [4.78, 5) is 16.8. The maximum Gasteiger partial charge on any atom is 0.260 e. The lowest BCUT2D eigenvalue weighted by molar-refractivity contribution is -0.135. The van der Waals surface area contributed by atoms with Gasteiger partial charge in [-0.25, -0.2) is 0 Å². The highest BCUT2D eigenvalue weighted by atomic mass is 32.2. The van der Waals surface area contributed by atoms with Gasteiger partial charge in [-0.1, -0.05) is 18.2 Å². The van der Waals surface area contributed by atoms with Gasteiger partial charge in [0.15, 0.2) is 6.61 Å². The first-order valence-corrected chi connectivity index (χ1v) is 8.94. The van der Waals surface area contributed by atoms with Crippen molar-refractivity contribution < 1.29 is 9.53 Å². The number of ether oxygens (including phenoxy) is 1. The molecule has 0 unspecified atom stereocenters. The first-order valence-electron chi connectivity index (χ1n) is 7.78. The van der Waals surface area contributed by atoms with E-state index in [0.29, 0.717) is 0 Å². The molecular weight excluding hydrogens is 296 g/mol. The highest BCUT2D eigenvalue weighted by molar-refractivity contribution is 7.99. The Bertz CT molecular complexity index is 493. The molecule has 1 fully saturated rings. The zero-order chi connectivity index (χ0) is 15.9. The first-order chi connectivity index (χ1) is 10.6. The number of hydrogen-bond acceptors (Lipinski definition) is 4. The number of carbonyl (C=O) groups is 1. The molecule has 22 heavy (non-hydrogen) atoms. The van der Waals surface area contributed by atoms with E-state index in [2.05, 4.69) is 19.0 Å². The van der Waals surface area contributed by atoms with Gasteiger partial charge >= 0.3 is 0 Å². The Hall–Kier alpha value is -1.20. The Morgan fingerprint density at radius 1 is 1.41 bits per heavy atom. The van der Waals surface area contributed by atoms with Crippen LogP contribution in [0.4, 0.5) is 0 Å². The molecular formula is C17H26N2O2S. The molecule has 122 valence electrons. The second-order valence-electron chi connectivity index (χ2n) is 5.99. The van der Waals surface area contributed by atoms with E-state index in [4.69, 9.17) is 4.74 Å². The number of thioether (sulfide) groups is 1. The van der Waals surface area contributed by atoms with E-state index in [0.717, 1.165) is 42.3 Å². The number of amides is 1. The van der Waals surface area contributed by atoms with E-state index >= 15 is 0 Å². The summed E-state index contributed by atoms with van der Waals surface area (Å²) in [5, 5.41) is 0. The summed E-state index contributed by atoms with van der Waals surface area (Å²) in [6.45, 7) is 3.86. The van der Waals surface area contributed by atoms with Gasteiger partial charge in [0.25, 0.3) is 5.91 Å². The first kappa shape index (κ1) is 17.2. The molecule has 0 aromatic heterocycles. The van der Waals surface area contributed by atoms with Gasteiger partial charge in [-0.3, -0.25) is 4.79 Å². The number of hydrogen-bond donors (Lipinski definition) is 0. The third-order valence-electron chi connectivity index (χ3n) is 3.78. The van der Waals surface area contributed by atoms with Crippen molar-refractivity contribution in [3.8, 4) is 5.75 Å². The Morgan fingerprint density at radius 2 is 2.18 bits per heavy atom. The largest absolute Gasteiger partial charge is 0.484 e. The normalized spacial score (nSPS) is 19.1. The zero-order valence-electron chi connectivity index (χ0n) is 13.7. The quantitative estimate of drug-likeness (QED) is 0.832. The molecule has 1 atom stereocenters. The van der Waals surface area contributed by atoms with E-state index in [1.165, 1.54) is 0 Å². The topological polar surface area (TPSA) is 32.8 Å². The average molecular weight is 322 g/mol. The van der Waals surface area contributed by atoms with Crippen LogP contribution in [-0.2, 0) is 4.79 Å². The Kier molecular flexibility index (Phi) is 6.58. The predicted molar refractivity (Wildman–Crippen MR) is 92.7 cm³/mol. The number of nitrogens with zero attached hydrogens (tertiary/aromatic N) is 2. The van der Waals surface area contributed by atoms with E-state index < -0.39 is 0 Å². The van der Waals surface area contributed by atoms with Crippen LogP contribution in [-0.4, -0.2) is 67.0 Å². The second-order valence-corrected chi connectivity index (χ2v) is 7.14. The van der Waals surface area contributed by atoms with Crippen LogP contribution in [0.1, 0.15) is 12.0 Å². The van der Waals surface area contributed by atoms with Crippen molar-refractivity contribution in [1.29, 1.82) is 0 Å². The average Bonchev–Trinajstić information content (AvgIpc) is 2.71. The van der Waals surface area contributed by atoms with E-state index in [1.807, 2.05) is 47.9 Å². The highest BCUT2D eigenvalue weighted by Crippen LogP contribution is 2.19. The zero-order valence-corrected chi connectivity index (χ0v) is 14.6. The molecule has 1 aromatic carbocycles. The van der Waals surface area contributed by atoms with Crippen molar-refractivity contribution in [2.75, 3.05) is 45.3 Å². The van der Waals surface area contributed by atoms with Gasteiger partial charge in [0.05, 0.1) is 6.04 Å². The predicted octanol–water partition coefficient (Wildman–Crippen LogP) is 2.27. The molecule has 0 saturated carbocycles. The van der Waals surface area contributed by atoms with Crippen LogP contribution in [0.15, 0.2) is 24.3 Å². The van der Waals surface area contributed by atoms with Crippen LogP contribution in [0.3, 0.4) is 0 Å². The number of para-hydroxylation sites is 1.